The molecule has 2 aromatic rings. The number of rotatable bonds is 4. The van der Waals surface area contributed by atoms with E-state index in [-0.39, 0.29) is 27.6 Å². The highest BCUT2D eigenvalue weighted by Crippen LogP contribution is 2.32. The van der Waals surface area contributed by atoms with Crippen molar-refractivity contribution < 1.29 is 14.3 Å². The Balaban J connectivity index is 1.99. The predicted octanol–water partition coefficient (Wildman–Crippen LogP) is 3.30. The van der Waals surface area contributed by atoms with Crippen LogP contribution in [0, 0.1) is 5.21 Å². The highest BCUT2D eigenvalue weighted by molar-refractivity contribution is 6.44. The van der Waals surface area contributed by atoms with E-state index >= 15 is 0 Å². The minimum atomic E-state index is -0.487. The van der Waals surface area contributed by atoms with Gasteiger partial charge in [-0.05, 0) is 18.2 Å². The topological polar surface area (TPSA) is 65.3 Å². The number of anilines is 1. The molecule has 5 nitrogen and oxygen atoms in total. The van der Waals surface area contributed by atoms with Gasteiger partial charge < -0.3 is 15.3 Å². The zero-order valence-corrected chi connectivity index (χ0v) is 12.7. The number of nitrogens with zero attached hydrogens (tertiary/aromatic N) is 1. The van der Waals surface area contributed by atoms with E-state index in [4.69, 9.17) is 39.5 Å². The molecule has 1 aromatic carbocycles. The van der Waals surface area contributed by atoms with Crippen molar-refractivity contribution in [3.8, 4) is 5.88 Å². The summed E-state index contributed by atoms with van der Waals surface area (Å²) >= 11 is 17.6. The first-order valence-corrected chi connectivity index (χ1v) is 6.86. The molecule has 0 bridgehead atoms. The number of aromatic nitrogens is 1. The monoisotopic (exact) mass is 346 g/mol. The molecule has 21 heavy (non-hydrogen) atoms. The lowest BCUT2D eigenvalue weighted by Crippen LogP contribution is -2.30. The number of pyridine rings is 1. The third-order valence-corrected chi connectivity index (χ3v) is 3.46. The fourth-order valence-electron chi connectivity index (χ4n) is 1.47. The maximum absolute atomic E-state index is 11.8. The molecule has 1 N–H and O–H groups in total. The minimum Gasteiger partial charge on any atom is -0.616 e. The summed E-state index contributed by atoms with van der Waals surface area (Å²) in [6.45, 7) is -0.344. The van der Waals surface area contributed by atoms with Crippen LogP contribution in [0.15, 0.2) is 36.5 Å². The van der Waals surface area contributed by atoms with Crippen LogP contribution in [0.4, 0.5) is 5.69 Å². The zero-order chi connectivity index (χ0) is 15.4. The molecule has 0 aliphatic carbocycles. The molecule has 0 fully saturated rings. The van der Waals surface area contributed by atoms with Gasteiger partial charge in [-0.3, -0.25) is 4.79 Å². The summed E-state index contributed by atoms with van der Waals surface area (Å²) in [7, 11) is 0. The number of halogens is 3. The summed E-state index contributed by atoms with van der Waals surface area (Å²) in [6.07, 6.45) is 1.27. The van der Waals surface area contributed by atoms with Gasteiger partial charge in [0.25, 0.3) is 5.91 Å². The highest BCUT2D eigenvalue weighted by Gasteiger charge is 2.12. The first kappa shape index (κ1) is 15.7. The third kappa shape index (κ3) is 4.14. The van der Waals surface area contributed by atoms with Gasteiger partial charge in [0.1, 0.15) is 0 Å². The van der Waals surface area contributed by atoms with E-state index in [1.54, 1.807) is 12.1 Å². The molecule has 0 spiro atoms. The number of ether oxygens (including phenoxy) is 1. The smallest absolute Gasteiger partial charge is 0.379 e. The van der Waals surface area contributed by atoms with Crippen molar-refractivity contribution in [1.82, 2.24) is 0 Å². The van der Waals surface area contributed by atoms with Gasteiger partial charge in [0.05, 0.1) is 26.8 Å². The van der Waals surface area contributed by atoms with Crippen LogP contribution in [0.2, 0.25) is 15.1 Å². The van der Waals surface area contributed by atoms with Crippen LogP contribution < -0.4 is 14.8 Å². The van der Waals surface area contributed by atoms with E-state index in [9.17, 15) is 10.0 Å². The van der Waals surface area contributed by atoms with Crippen LogP contribution in [-0.4, -0.2) is 12.5 Å². The van der Waals surface area contributed by atoms with Crippen molar-refractivity contribution >= 4 is 46.4 Å². The Kier molecular flexibility index (Phi) is 5.12. The maximum atomic E-state index is 11.8. The van der Waals surface area contributed by atoms with E-state index in [1.807, 2.05) is 0 Å². The van der Waals surface area contributed by atoms with Crippen molar-refractivity contribution in [3.63, 3.8) is 0 Å². The number of hydrogen-bond acceptors (Lipinski definition) is 3. The number of carbonyl (C=O) groups excluding carboxylic acids is 1. The third-order valence-electron chi connectivity index (χ3n) is 2.42. The fourth-order valence-corrected chi connectivity index (χ4v) is 2.06. The van der Waals surface area contributed by atoms with Gasteiger partial charge in [-0.25, -0.2) is 0 Å². The van der Waals surface area contributed by atoms with E-state index in [1.165, 1.54) is 24.4 Å². The molecule has 110 valence electrons. The SMILES string of the molecule is O=C(COc1cccc[n+]1[O-])Nc1cc(Cl)c(Cl)cc1Cl. The van der Waals surface area contributed by atoms with E-state index in [0.29, 0.717) is 10.4 Å². The van der Waals surface area contributed by atoms with Crippen LogP contribution in [0.1, 0.15) is 0 Å². The van der Waals surface area contributed by atoms with Crippen molar-refractivity contribution in [2.45, 2.75) is 0 Å². The standard InChI is InChI=1S/C13H9Cl3N2O3/c14-8-5-10(16)11(6-9(8)15)17-12(19)7-21-13-3-1-2-4-18(13)20/h1-6H,7H2,(H,17,19). The Labute approximate surface area is 135 Å². The Morgan fingerprint density at radius 2 is 1.90 bits per heavy atom. The van der Waals surface area contributed by atoms with Gasteiger partial charge in [-0.15, -0.1) is 4.73 Å². The molecule has 0 aliphatic heterocycles. The van der Waals surface area contributed by atoms with E-state index in [2.05, 4.69) is 5.32 Å². The van der Waals surface area contributed by atoms with Gasteiger partial charge in [0.2, 0.25) is 0 Å². The minimum absolute atomic E-state index is 0.0212. The summed E-state index contributed by atoms with van der Waals surface area (Å²) < 4.78 is 5.61. The number of benzene rings is 1. The second-order valence-electron chi connectivity index (χ2n) is 3.95. The first-order chi connectivity index (χ1) is 9.97. The average molecular weight is 348 g/mol. The molecule has 0 aliphatic rings. The zero-order valence-electron chi connectivity index (χ0n) is 10.5. The summed E-state index contributed by atoms with van der Waals surface area (Å²) in [6, 6.07) is 7.48. The van der Waals surface area contributed by atoms with Gasteiger partial charge in [0.15, 0.2) is 12.8 Å². The number of carbonyl (C=O) groups is 1. The lowest BCUT2D eigenvalue weighted by Gasteiger charge is -2.09. The van der Waals surface area contributed by atoms with Gasteiger partial charge in [-0.2, -0.15) is 0 Å². The summed E-state index contributed by atoms with van der Waals surface area (Å²) in [4.78, 5) is 11.8. The van der Waals surface area contributed by atoms with Crippen LogP contribution in [0.25, 0.3) is 0 Å². The Morgan fingerprint density at radius 3 is 2.62 bits per heavy atom. The Morgan fingerprint density at radius 1 is 1.19 bits per heavy atom. The van der Waals surface area contributed by atoms with Crippen LogP contribution in [0.3, 0.4) is 0 Å². The second-order valence-corrected chi connectivity index (χ2v) is 5.17. The molecular formula is C13H9Cl3N2O3. The molecule has 0 atom stereocenters. The largest absolute Gasteiger partial charge is 0.616 e. The van der Waals surface area contributed by atoms with Gasteiger partial charge >= 0.3 is 5.88 Å². The van der Waals surface area contributed by atoms with Crippen molar-refractivity contribution in [1.29, 1.82) is 0 Å². The number of amides is 1. The first-order valence-electron chi connectivity index (χ1n) is 5.73. The Bertz CT molecular complexity index is 680. The summed E-state index contributed by atoms with van der Waals surface area (Å²) in [5.74, 6) is -0.466. The molecule has 0 radical (unpaired) electrons. The summed E-state index contributed by atoms with van der Waals surface area (Å²) in [5, 5.41) is 14.6. The quantitative estimate of drug-likeness (QED) is 0.524. The lowest BCUT2D eigenvalue weighted by molar-refractivity contribution is -0.612. The van der Waals surface area contributed by atoms with Crippen LogP contribution >= 0.6 is 34.8 Å². The fraction of sp³-hybridized carbons (Fsp3) is 0.0769. The van der Waals surface area contributed by atoms with Crippen molar-refractivity contribution in [2.75, 3.05) is 11.9 Å². The summed E-state index contributed by atoms with van der Waals surface area (Å²) in [5.41, 5.74) is 0.308. The van der Waals surface area contributed by atoms with Crippen molar-refractivity contribution in [2.24, 2.45) is 0 Å². The lowest BCUT2D eigenvalue weighted by atomic mass is 10.3. The van der Waals surface area contributed by atoms with Gasteiger partial charge in [0, 0.05) is 6.07 Å². The molecule has 1 heterocycles. The molecule has 0 saturated carbocycles. The molecular weight excluding hydrogens is 339 g/mol. The van der Waals surface area contributed by atoms with Gasteiger partial charge in [-0.1, -0.05) is 34.8 Å². The Hall–Kier alpha value is -1.69. The van der Waals surface area contributed by atoms with Crippen LogP contribution in [0.5, 0.6) is 5.88 Å². The molecule has 1 amide bonds. The van der Waals surface area contributed by atoms with E-state index in [0.717, 1.165) is 0 Å². The highest BCUT2D eigenvalue weighted by atomic mass is 35.5. The molecule has 0 saturated heterocycles. The van der Waals surface area contributed by atoms with Crippen LogP contribution in [-0.2, 0) is 4.79 Å². The molecule has 1 aromatic heterocycles. The second kappa shape index (κ2) is 6.85. The molecule has 2 rings (SSSR count). The maximum Gasteiger partial charge on any atom is 0.379 e. The van der Waals surface area contributed by atoms with E-state index < -0.39 is 5.91 Å². The average Bonchev–Trinajstić information content (AvgIpc) is 2.44. The normalized spacial score (nSPS) is 10.2. The predicted molar refractivity (Wildman–Crippen MR) is 81.0 cm³/mol. The molecule has 0 unspecified atom stereocenters. The number of hydrogen-bond donors (Lipinski definition) is 1. The molecule has 8 heteroatoms. The van der Waals surface area contributed by atoms with Crippen molar-refractivity contribution in [3.05, 3.63) is 56.8 Å². The number of nitrogens with one attached hydrogen (secondary N) is 1.